The monoisotopic (exact) mass is 278 g/mol. The van der Waals surface area contributed by atoms with Crippen LogP contribution in [0.15, 0.2) is 21.5 Å². The molecule has 0 aromatic heterocycles. The van der Waals surface area contributed by atoms with E-state index in [1.165, 1.54) is 11.8 Å². The van der Waals surface area contributed by atoms with Crippen LogP contribution in [0.2, 0.25) is 0 Å². The van der Waals surface area contributed by atoms with E-state index in [0.29, 0.717) is 21.4 Å². The van der Waals surface area contributed by atoms with E-state index in [9.17, 15) is 9.50 Å². The van der Waals surface area contributed by atoms with Crippen LogP contribution in [-0.2, 0) is 0 Å². The summed E-state index contributed by atoms with van der Waals surface area (Å²) >= 11 is 4.58. The molecule has 0 spiro atoms. The molecular weight excluding hydrogens is 267 g/mol. The molecule has 1 rings (SSSR count). The molecule has 0 radical (unpaired) electrons. The highest BCUT2D eigenvalue weighted by Gasteiger charge is 2.17. The van der Waals surface area contributed by atoms with Crippen molar-refractivity contribution in [2.24, 2.45) is 0 Å². The molecular formula is C10H12BrFOS. The van der Waals surface area contributed by atoms with E-state index < -0.39 is 6.10 Å². The smallest absolute Gasteiger partial charge is 0.143 e. The maximum atomic E-state index is 13.8. The predicted octanol–water partition coefficient (Wildman–Crippen LogP) is 3.75. The molecule has 0 fully saturated rings. The molecule has 0 heterocycles. The van der Waals surface area contributed by atoms with Crippen LogP contribution in [0.4, 0.5) is 4.39 Å². The number of aliphatic hydroxyl groups excluding tert-OH is 1. The molecule has 0 saturated carbocycles. The number of rotatable bonds is 3. The summed E-state index contributed by atoms with van der Waals surface area (Å²) in [6, 6.07) is 3.47. The number of aliphatic hydroxyl groups is 1. The lowest BCUT2D eigenvalue weighted by Crippen LogP contribution is -2.01. The van der Waals surface area contributed by atoms with E-state index in [0.717, 1.165) is 0 Å². The highest BCUT2D eigenvalue weighted by atomic mass is 79.9. The van der Waals surface area contributed by atoms with Crippen LogP contribution in [0.25, 0.3) is 0 Å². The normalized spacial score (nSPS) is 12.9. The fraction of sp³-hybridized carbons (Fsp3) is 0.400. The van der Waals surface area contributed by atoms with Crippen molar-refractivity contribution in [2.45, 2.75) is 24.3 Å². The third-order valence-electron chi connectivity index (χ3n) is 2.03. The average molecular weight is 279 g/mol. The van der Waals surface area contributed by atoms with Gasteiger partial charge in [0.05, 0.1) is 6.10 Å². The van der Waals surface area contributed by atoms with Crippen molar-refractivity contribution < 1.29 is 9.50 Å². The molecule has 1 atom stereocenters. The lowest BCUT2D eigenvalue weighted by molar-refractivity contribution is 0.167. The van der Waals surface area contributed by atoms with Gasteiger partial charge in [0, 0.05) is 14.9 Å². The van der Waals surface area contributed by atoms with Gasteiger partial charge >= 0.3 is 0 Å². The van der Waals surface area contributed by atoms with E-state index in [-0.39, 0.29) is 5.82 Å². The highest BCUT2D eigenvalue weighted by Crippen LogP contribution is 2.33. The summed E-state index contributed by atoms with van der Waals surface area (Å²) in [5.41, 5.74) is 0.361. The molecule has 0 amide bonds. The van der Waals surface area contributed by atoms with Crippen LogP contribution >= 0.6 is 27.7 Å². The van der Waals surface area contributed by atoms with Crippen LogP contribution in [0.3, 0.4) is 0 Å². The van der Waals surface area contributed by atoms with Gasteiger partial charge in [0.15, 0.2) is 0 Å². The van der Waals surface area contributed by atoms with Crippen molar-refractivity contribution >= 4 is 27.7 Å². The molecule has 0 saturated heterocycles. The molecule has 1 N–H and O–H groups in total. The van der Waals surface area contributed by atoms with Crippen molar-refractivity contribution in [1.82, 2.24) is 0 Å². The second-order valence-corrected chi connectivity index (χ2v) is 4.60. The highest BCUT2D eigenvalue weighted by molar-refractivity contribution is 9.10. The molecule has 0 aliphatic carbocycles. The predicted molar refractivity (Wildman–Crippen MR) is 61.1 cm³/mol. The molecule has 0 bridgehead atoms. The van der Waals surface area contributed by atoms with Gasteiger partial charge in [-0.2, -0.15) is 0 Å². The summed E-state index contributed by atoms with van der Waals surface area (Å²) < 4.78 is 14.4. The van der Waals surface area contributed by atoms with Gasteiger partial charge in [0.25, 0.3) is 0 Å². The van der Waals surface area contributed by atoms with Crippen molar-refractivity contribution in [3.05, 3.63) is 28.0 Å². The second kappa shape index (κ2) is 5.14. The third kappa shape index (κ3) is 2.30. The summed E-state index contributed by atoms with van der Waals surface area (Å²) in [5, 5.41) is 9.63. The fourth-order valence-corrected chi connectivity index (χ4v) is 2.28. The quantitative estimate of drug-likeness (QED) is 0.850. The van der Waals surface area contributed by atoms with E-state index in [1.54, 1.807) is 12.1 Å². The fourth-order valence-electron chi connectivity index (χ4n) is 1.22. The number of thioether (sulfide) groups is 1. The van der Waals surface area contributed by atoms with Gasteiger partial charge in [0.2, 0.25) is 0 Å². The lowest BCUT2D eigenvalue weighted by atomic mass is 10.1. The standard InChI is InChI=1S/C10H12BrFOS/c1-3-7(13)9-6(11)4-5-8(14-2)10(9)12/h4-5,7,13H,3H2,1-2H3. The van der Waals surface area contributed by atoms with E-state index in [4.69, 9.17) is 0 Å². The minimum atomic E-state index is -0.739. The van der Waals surface area contributed by atoms with Gasteiger partial charge in [-0.3, -0.25) is 0 Å². The summed E-state index contributed by atoms with van der Waals surface area (Å²) in [4.78, 5) is 0.565. The first-order valence-electron chi connectivity index (χ1n) is 4.31. The minimum absolute atomic E-state index is 0.318. The van der Waals surface area contributed by atoms with Crippen LogP contribution in [0.1, 0.15) is 25.0 Å². The van der Waals surface area contributed by atoms with Crippen molar-refractivity contribution in [1.29, 1.82) is 0 Å². The zero-order chi connectivity index (χ0) is 10.7. The first-order valence-corrected chi connectivity index (χ1v) is 6.33. The summed E-state index contributed by atoms with van der Waals surface area (Å²) in [7, 11) is 0. The molecule has 0 aliphatic rings. The molecule has 1 nitrogen and oxygen atoms in total. The van der Waals surface area contributed by atoms with Gasteiger partial charge in [-0.05, 0) is 24.8 Å². The minimum Gasteiger partial charge on any atom is -0.388 e. The van der Waals surface area contributed by atoms with E-state index in [1.807, 2.05) is 13.2 Å². The maximum absolute atomic E-state index is 13.8. The Labute approximate surface area is 95.8 Å². The van der Waals surface area contributed by atoms with Gasteiger partial charge < -0.3 is 5.11 Å². The van der Waals surface area contributed by atoms with Gasteiger partial charge in [-0.1, -0.05) is 22.9 Å². The molecule has 0 aliphatic heterocycles. The zero-order valence-corrected chi connectivity index (χ0v) is 10.5. The molecule has 78 valence electrons. The Kier molecular flexibility index (Phi) is 4.41. The Hall–Kier alpha value is -0.0600. The molecule has 4 heteroatoms. The molecule has 1 unspecified atom stereocenters. The number of hydrogen-bond acceptors (Lipinski definition) is 2. The second-order valence-electron chi connectivity index (χ2n) is 2.90. The van der Waals surface area contributed by atoms with Gasteiger partial charge in [-0.25, -0.2) is 4.39 Å². The molecule has 1 aromatic carbocycles. The first-order chi connectivity index (χ1) is 6.61. The Balaban J connectivity index is 3.25. The Morgan fingerprint density at radius 3 is 2.71 bits per heavy atom. The van der Waals surface area contributed by atoms with Gasteiger partial charge in [-0.15, -0.1) is 11.8 Å². The van der Waals surface area contributed by atoms with Crippen LogP contribution in [-0.4, -0.2) is 11.4 Å². The van der Waals surface area contributed by atoms with Crippen LogP contribution in [0, 0.1) is 5.82 Å². The van der Waals surface area contributed by atoms with Crippen LogP contribution in [0.5, 0.6) is 0 Å². The number of benzene rings is 1. The van der Waals surface area contributed by atoms with Crippen LogP contribution < -0.4 is 0 Å². The topological polar surface area (TPSA) is 20.2 Å². The maximum Gasteiger partial charge on any atom is 0.143 e. The summed E-state index contributed by atoms with van der Waals surface area (Å²) in [6.45, 7) is 1.82. The Morgan fingerprint density at radius 1 is 1.57 bits per heavy atom. The number of halogens is 2. The number of hydrogen-bond donors (Lipinski definition) is 1. The van der Waals surface area contributed by atoms with Crippen molar-refractivity contribution in [3.63, 3.8) is 0 Å². The summed E-state index contributed by atoms with van der Waals surface area (Å²) in [6.07, 6.45) is 1.58. The largest absolute Gasteiger partial charge is 0.388 e. The Bertz CT molecular complexity index is 330. The zero-order valence-electron chi connectivity index (χ0n) is 8.05. The van der Waals surface area contributed by atoms with Crippen molar-refractivity contribution in [2.75, 3.05) is 6.26 Å². The van der Waals surface area contributed by atoms with Gasteiger partial charge in [0.1, 0.15) is 5.82 Å². The first kappa shape index (κ1) is 12.0. The SMILES string of the molecule is CCC(O)c1c(Br)ccc(SC)c1F. The lowest BCUT2D eigenvalue weighted by Gasteiger charge is -2.13. The van der Waals surface area contributed by atoms with E-state index >= 15 is 0 Å². The van der Waals surface area contributed by atoms with Crippen molar-refractivity contribution in [3.8, 4) is 0 Å². The summed E-state index contributed by atoms with van der Waals surface area (Å²) in [5.74, 6) is -0.318. The molecule has 14 heavy (non-hydrogen) atoms. The molecule has 1 aromatic rings. The van der Waals surface area contributed by atoms with E-state index in [2.05, 4.69) is 15.9 Å². The Morgan fingerprint density at radius 2 is 2.21 bits per heavy atom. The third-order valence-corrected chi connectivity index (χ3v) is 3.48. The average Bonchev–Trinajstić information content (AvgIpc) is 2.18.